The summed E-state index contributed by atoms with van der Waals surface area (Å²) in [5.74, 6) is 0. The summed E-state index contributed by atoms with van der Waals surface area (Å²) in [5.41, 5.74) is 1.000. The molecule has 0 aromatic heterocycles. The fourth-order valence-electron chi connectivity index (χ4n) is 1.96. The molecule has 0 bridgehead atoms. The van der Waals surface area contributed by atoms with Crippen LogP contribution < -0.4 is 0 Å². The number of ether oxygens (including phenoxy) is 2. The normalized spacial score (nSPS) is 23.8. The van der Waals surface area contributed by atoms with Gasteiger partial charge >= 0.3 is 6.09 Å². The second kappa shape index (κ2) is 5.87. The fourth-order valence-corrected chi connectivity index (χ4v) is 1.96. The van der Waals surface area contributed by atoms with Gasteiger partial charge in [-0.25, -0.2) is 4.79 Å². The molecule has 98 valence electrons. The highest BCUT2D eigenvalue weighted by atomic mass is 16.6. The Labute approximate surface area is 107 Å². The third-order valence-corrected chi connectivity index (χ3v) is 3.05. The number of benzene rings is 1. The Morgan fingerprint density at radius 1 is 1.39 bits per heavy atom. The minimum Gasteiger partial charge on any atom is -0.445 e. The minimum atomic E-state index is -0.262. The number of rotatable bonds is 2. The summed E-state index contributed by atoms with van der Waals surface area (Å²) in [5, 5.41) is 0. The van der Waals surface area contributed by atoms with Crippen molar-refractivity contribution in [1.29, 1.82) is 0 Å². The SMILES string of the molecule is C[C@H]1CN(C(=O)OCc2ccccc2)[C@@H](C)CO1. The average Bonchev–Trinajstić information content (AvgIpc) is 2.40. The van der Waals surface area contributed by atoms with Gasteiger partial charge in [-0.3, -0.25) is 0 Å². The third-order valence-electron chi connectivity index (χ3n) is 3.05. The van der Waals surface area contributed by atoms with Gasteiger partial charge in [-0.05, 0) is 19.4 Å². The summed E-state index contributed by atoms with van der Waals surface area (Å²) in [6, 6.07) is 9.77. The van der Waals surface area contributed by atoms with Crippen molar-refractivity contribution < 1.29 is 14.3 Å². The molecule has 0 unspecified atom stereocenters. The monoisotopic (exact) mass is 249 g/mol. The van der Waals surface area contributed by atoms with Crippen LogP contribution in [0.2, 0.25) is 0 Å². The maximum absolute atomic E-state index is 12.0. The third kappa shape index (κ3) is 3.23. The van der Waals surface area contributed by atoms with Crippen LogP contribution in [0.4, 0.5) is 4.79 Å². The Bertz CT molecular complexity index is 393. The van der Waals surface area contributed by atoms with E-state index in [0.29, 0.717) is 19.8 Å². The molecule has 1 saturated heterocycles. The highest BCUT2D eigenvalue weighted by Crippen LogP contribution is 2.13. The summed E-state index contributed by atoms with van der Waals surface area (Å²) in [4.78, 5) is 13.7. The predicted molar refractivity (Wildman–Crippen MR) is 68.2 cm³/mol. The Morgan fingerprint density at radius 2 is 2.11 bits per heavy atom. The predicted octanol–water partition coefficient (Wildman–Crippen LogP) is 2.43. The molecule has 18 heavy (non-hydrogen) atoms. The summed E-state index contributed by atoms with van der Waals surface area (Å²) >= 11 is 0. The molecule has 1 aromatic carbocycles. The molecule has 0 radical (unpaired) electrons. The first kappa shape index (κ1) is 12.9. The highest BCUT2D eigenvalue weighted by Gasteiger charge is 2.28. The van der Waals surface area contributed by atoms with Crippen molar-refractivity contribution in [2.24, 2.45) is 0 Å². The molecular formula is C14H19NO3. The minimum absolute atomic E-state index is 0.0736. The Morgan fingerprint density at radius 3 is 2.83 bits per heavy atom. The van der Waals surface area contributed by atoms with E-state index in [-0.39, 0.29) is 18.2 Å². The zero-order chi connectivity index (χ0) is 13.0. The van der Waals surface area contributed by atoms with E-state index in [2.05, 4.69) is 0 Å². The molecule has 4 nitrogen and oxygen atoms in total. The molecule has 1 heterocycles. The van der Waals surface area contributed by atoms with Crippen LogP contribution >= 0.6 is 0 Å². The number of carbonyl (C=O) groups excluding carboxylic acids is 1. The standard InChI is InChI=1S/C14H19NO3/c1-11-9-17-12(2)8-15(11)14(16)18-10-13-6-4-3-5-7-13/h3-7,11-12H,8-10H2,1-2H3/t11-,12-/m0/s1. The van der Waals surface area contributed by atoms with E-state index in [1.165, 1.54) is 0 Å². The van der Waals surface area contributed by atoms with E-state index in [4.69, 9.17) is 9.47 Å². The average molecular weight is 249 g/mol. The van der Waals surface area contributed by atoms with Crippen LogP contribution in [0, 0.1) is 0 Å². The zero-order valence-electron chi connectivity index (χ0n) is 10.8. The lowest BCUT2D eigenvalue weighted by Crippen LogP contribution is -2.50. The van der Waals surface area contributed by atoms with E-state index in [9.17, 15) is 4.79 Å². The van der Waals surface area contributed by atoms with Crippen molar-refractivity contribution >= 4 is 6.09 Å². The number of morpholine rings is 1. The quantitative estimate of drug-likeness (QED) is 0.808. The van der Waals surface area contributed by atoms with Gasteiger partial charge in [0, 0.05) is 0 Å². The number of nitrogens with zero attached hydrogens (tertiary/aromatic N) is 1. The van der Waals surface area contributed by atoms with Crippen LogP contribution in [0.1, 0.15) is 19.4 Å². The van der Waals surface area contributed by atoms with Gasteiger partial charge in [0.1, 0.15) is 6.61 Å². The van der Waals surface area contributed by atoms with Gasteiger partial charge in [0.15, 0.2) is 0 Å². The summed E-state index contributed by atoms with van der Waals surface area (Å²) in [6.07, 6.45) is -0.188. The maximum atomic E-state index is 12.0. The fraction of sp³-hybridized carbons (Fsp3) is 0.500. The molecule has 1 aromatic rings. The van der Waals surface area contributed by atoms with Gasteiger partial charge in [-0.1, -0.05) is 30.3 Å². The molecule has 1 fully saturated rings. The van der Waals surface area contributed by atoms with E-state index in [1.807, 2.05) is 44.2 Å². The molecule has 1 aliphatic heterocycles. The number of hydrogen-bond donors (Lipinski definition) is 0. The van der Waals surface area contributed by atoms with Crippen molar-refractivity contribution in [2.75, 3.05) is 13.2 Å². The number of carbonyl (C=O) groups is 1. The maximum Gasteiger partial charge on any atom is 0.410 e. The van der Waals surface area contributed by atoms with E-state index >= 15 is 0 Å². The van der Waals surface area contributed by atoms with E-state index in [1.54, 1.807) is 4.90 Å². The lowest BCUT2D eigenvalue weighted by Gasteiger charge is -2.35. The molecular weight excluding hydrogens is 230 g/mol. The van der Waals surface area contributed by atoms with Crippen LogP contribution in [0.25, 0.3) is 0 Å². The van der Waals surface area contributed by atoms with Gasteiger partial charge in [0.25, 0.3) is 0 Å². The summed E-state index contributed by atoms with van der Waals surface area (Å²) in [7, 11) is 0. The van der Waals surface area contributed by atoms with Gasteiger partial charge < -0.3 is 14.4 Å². The van der Waals surface area contributed by atoms with Crippen molar-refractivity contribution in [3.63, 3.8) is 0 Å². The first-order chi connectivity index (χ1) is 8.66. The van der Waals surface area contributed by atoms with Gasteiger partial charge in [-0.2, -0.15) is 0 Å². The second-order valence-electron chi connectivity index (χ2n) is 4.69. The van der Waals surface area contributed by atoms with Gasteiger partial charge in [0.05, 0.1) is 25.3 Å². The first-order valence-electron chi connectivity index (χ1n) is 6.25. The van der Waals surface area contributed by atoms with Gasteiger partial charge in [0.2, 0.25) is 0 Å². The molecule has 0 spiro atoms. The Hall–Kier alpha value is -1.55. The van der Waals surface area contributed by atoms with Gasteiger partial charge in [-0.15, -0.1) is 0 Å². The van der Waals surface area contributed by atoms with Crippen molar-refractivity contribution in [1.82, 2.24) is 4.90 Å². The van der Waals surface area contributed by atoms with Crippen LogP contribution in [0.5, 0.6) is 0 Å². The Kier molecular flexibility index (Phi) is 4.20. The highest BCUT2D eigenvalue weighted by molar-refractivity contribution is 5.68. The molecule has 1 aliphatic rings. The summed E-state index contributed by atoms with van der Waals surface area (Å²) < 4.78 is 10.8. The zero-order valence-corrected chi connectivity index (χ0v) is 10.8. The lowest BCUT2D eigenvalue weighted by atomic mass is 10.2. The van der Waals surface area contributed by atoms with E-state index in [0.717, 1.165) is 5.56 Å². The molecule has 1 amide bonds. The topological polar surface area (TPSA) is 38.8 Å². The molecule has 2 atom stereocenters. The smallest absolute Gasteiger partial charge is 0.410 e. The Balaban J connectivity index is 1.87. The second-order valence-corrected chi connectivity index (χ2v) is 4.69. The van der Waals surface area contributed by atoms with Crippen LogP contribution in [0.15, 0.2) is 30.3 Å². The van der Waals surface area contributed by atoms with E-state index < -0.39 is 0 Å². The lowest BCUT2D eigenvalue weighted by molar-refractivity contribution is -0.0464. The summed E-state index contributed by atoms with van der Waals surface area (Å²) in [6.45, 7) is 5.41. The van der Waals surface area contributed by atoms with Crippen molar-refractivity contribution in [3.8, 4) is 0 Å². The van der Waals surface area contributed by atoms with Crippen molar-refractivity contribution in [2.45, 2.75) is 32.6 Å². The van der Waals surface area contributed by atoms with Crippen LogP contribution in [-0.2, 0) is 16.1 Å². The van der Waals surface area contributed by atoms with Crippen LogP contribution in [0.3, 0.4) is 0 Å². The molecule has 0 aliphatic carbocycles. The largest absolute Gasteiger partial charge is 0.445 e. The molecule has 0 saturated carbocycles. The first-order valence-corrected chi connectivity index (χ1v) is 6.25. The van der Waals surface area contributed by atoms with Crippen LogP contribution in [-0.4, -0.2) is 36.3 Å². The number of hydrogen-bond acceptors (Lipinski definition) is 3. The van der Waals surface area contributed by atoms with Crippen molar-refractivity contribution in [3.05, 3.63) is 35.9 Å². The molecule has 4 heteroatoms. The molecule has 0 N–H and O–H groups in total. The number of amides is 1. The molecule has 2 rings (SSSR count).